The number of phenolic OH excluding ortho intramolecular Hbond substituents is 2. The number of aryl methyl sites for hydroxylation is 4. The van der Waals surface area contributed by atoms with E-state index in [1.807, 2.05) is 38.1 Å². The Hall–Kier alpha value is -3.18. The molecule has 0 fully saturated rings. The number of rotatable bonds is 17. The summed E-state index contributed by atoms with van der Waals surface area (Å²) in [6.07, 6.45) is 2.92. The van der Waals surface area contributed by atoms with Crippen molar-refractivity contribution in [1.82, 2.24) is 0 Å². The van der Waals surface area contributed by atoms with E-state index in [2.05, 4.69) is 27.7 Å². The highest BCUT2D eigenvalue weighted by Crippen LogP contribution is 2.28. The molecule has 0 aliphatic rings. The molecule has 2 aromatic rings. The van der Waals surface area contributed by atoms with E-state index < -0.39 is 11.9 Å². The molecule has 0 heterocycles. The highest BCUT2D eigenvalue weighted by atomic mass is 16.5. The van der Waals surface area contributed by atoms with Crippen molar-refractivity contribution in [3.63, 3.8) is 0 Å². The number of carboxylic acids is 2. The molecule has 2 aromatic carbocycles. The molecule has 0 aliphatic heterocycles. The number of ether oxygens (including phenoxy) is 2. The van der Waals surface area contributed by atoms with Crippen LogP contribution in [0.1, 0.15) is 73.9 Å². The molecule has 250 valence electrons. The van der Waals surface area contributed by atoms with Gasteiger partial charge in [0.2, 0.25) is 0 Å². The predicted molar refractivity (Wildman–Crippen MR) is 170 cm³/mol. The number of aromatic hydroxyl groups is 2. The quantitative estimate of drug-likeness (QED) is 0.134. The number of phenols is 2. The number of benzene rings is 2. The summed E-state index contributed by atoms with van der Waals surface area (Å²) in [5.74, 6) is 0.0443. The van der Waals surface area contributed by atoms with Gasteiger partial charge in [-0.1, -0.05) is 52.0 Å². The molecule has 0 atom stereocenters. The van der Waals surface area contributed by atoms with Crippen LogP contribution >= 0.6 is 0 Å². The standard InChI is InChI=1S/2C14H20O3.C6H14O4/c2*1-9(2)6-12-8-11(4-5-13(15)16)7-10(3)14(12)17;7-1-3-9-5-6-10-4-2-8/h2*7-9,17H,4-6H2,1-3H3,(H,15,16);7-8H,1-6H2. The summed E-state index contributed by atoms with van der Waals surface area (Å²) in [7, 11) is 0. The molecule has 0 aromatic heterocycles. The Balaban J connectivity index is 0.000000655. The third kappa shape index (κ3) is 19.2. The first-order chi connectivity index (χ1) is 20.7. The second-order valence-corrected chi connectivity index (χ2v) is 11.5. The van der Waals surface area contributed by atoms with Crippen LogP contribution in [0.15, 0.2) is 24.3 Å². The van der Waals surface area contributed by atoms with Gasteiger partial charge in [-0.2, -0.15) is 0 Å². The van der Waals surface area contributed by atoms with Gasteiger partial charge >= 0.3 is 11.9 Å². The van der Waals surface area contributed by atoms with Crippen molar-refractivity contribution in [3.05, 3.63) is 57.6 Å². The number of hydrogen-bond donors (Lipinski definition) is 6. The molecular weight excluding hydrogens is 568 g/mol. The molecule has 0 spiro atoms. The lowest BCUT2D eigenvalue weighted by Crippen LogP contribution is -2.09. The van der Waals surface area contributed by atoms with Gasteiger partial charge in [0.25, 0.3) is 0 Å². The summed E-state index contributed by atoms with van der Waals surface area (Å²) in [5, 5.41) is 53.7. The lowest BCUT2D eigenvalue weighted by Gasteiger charge is -2.12. The third-order valence-corrected chi connectivity index (χ3v) is 6.23. The largest absolute Gasteiger partial charge is 0.507 e. The minimum absolute atomic E-state index is 0.0417. The molecule has 0 saturated carbocycles. The van der Waals surface area contributed by atoms with E-state index >= 15 is 0 Å². The van der Waals surface area contributed by atoms with E-state index in [4.69, 9.17) is 29.9 Å². The molecular formula is C34H54O10. The van der Waals surface area contributed by atoms with Gasteiger partial charge in [0.05, 0.1) is 39.6 Å². The molecule has 10 nitrogen and oxygen atoms in total. The molecule has 0 saturated heterocycles. The lowest BCUT2D eigenvalue weighted by molar-refractivity contribution is -0.138. The van der Waals surface area contributed by atoms with Crippen molar-refractivity contribution in [2.45, 2.75) is 80.1 Å². The second kappa shape index (κ2) is 23.2. The first-order valence-corrected chi connectivity index (χ1v) is 15.1. The lowest BCUT2D eigenvalue weighted by atomic mass is 9.96. The first-order valence-electron chi connectivity index (χ1n) is 15.1. The minimum Gasteiger partial charge on any atom is -0.507 e. The Morgan fingerprint density at radius 2 is 0.977 bits per heavy atom. The predicted octanol–water partition coefficient (Wildman–Crippen LogP) is 4.84. The first kappa shape index (κ1) is 40.8. The monoisotopic (exact) mass is 622 g/mol. The van der Waals surface area contributed by atoms with Gasteiger partial charge in [-0.3, -0.25) is 9.59 Å². The smallest absolute Gasteiger partial charge is 0.303 e. The highest BCUT2D eigenvalue weighted by molar-refractivity contribution is 5.67. The van der Waals surface area contributed by atoms with Crippen LogP contribution < -0.4 is 0 Å². The molecule has 0 amide bonds. The zero-order chi connectivity index (χ0) is 33.7. The zero-order valence-electron chi connectivity index (χ0n) is 27.3. The van der Waals surface area contributed by atoms with Gasteiger partial charge in [0.1, 0.15) is 11.5 Å². The van der Waals surface area contributed by atoms with Crippen LogP contribution in [0, 0.1) is 25.7 Å². The second-order valence-electron chi connectivity index (χ2n) is 11.5. The highest BCUT2D eigenvalue weighted by Gasteiger charge is 2.11. The molecule has 0 radical (unpaired) electrons. The van der Waals surface area contributed by atoms with E-state index in [1.165, 1.54) is 0 Å². The number of hydrogen-bond acceptors (Lipinski definition) is 8. The Morgan fingerprint density at radius 3 is 1.25 bits per heavy atom. The van der Waals surface area contributed by atoms with Crippen molar-refractivity contribution in [1.29, 1.82) is 0 Å². The van der Waals surface area contributed by atoms with Crippen molar-refractivity contribution in [3.8, 4) is 11.5 Å². The zero-order valence-corrected chi connectivity index (χ0v) is 27.3. The summed E-state index contributed by atoms with van der Waals surface area (Å²) in [4.78, 5) is 21.1. The maximum absolute atomic E-state index is 10.5. The average molecular weight is 623 g/mol. The summed E-state index contributed by atoms with van der Waals surface area (Å²) in [5.41, 5.74) is 5.45. The van der Waals surface area contributed by atoms with Crippen LogP contribution in [0.2, 0.25) is 0 Å². The summed E-state index contributed by atoms with van der Waals surface area (Å²) >= 11 is 0. The summed E-state index contributed by atoms with van der Waals surface area (Å²) in [6.45, 7) is 13.8. The maximum Gasteiger partial charge on any atom is 0.303 e. The Morgan fingerprint density at radius 1 is 0.636 bits per heavy atom. The number of aliphatic hydroxyl groups is 2. The maximum atomic E-state index is 10.5. The van der Waals surface area contributed by atoms with Crippen LogP contribution in [0.4, 0.5) is 0 Å². The topological polar surface area (TPSA) is 174 Å². The minimum atomic E-state index is -0.791. The van der Waals surface area contributed by atoms with Crippen LogP contribution in [0.3, 0.4) is 0 Å². The van der Waals surface area contributed by atoms with Crippen LogP contribution in [0.5, 0.6) is 11.5 Å². The van der Waals surface area contributed by atoms with E-state index in [9.17, 15) is 19.8 Å². The van der Waals surface area contributed by atoms with Crippen LogP contribution in [0.25, 0.3) is 0 Å². The van der Waals surface area contributed by atoms with Gasteiger partial charge in [0.15, 0.2) is 0 Å². The molecule has 44 heavy (non-hydrogen) atoms. The Bertz CT molecular complexity index is 1020. The van der Waals surface area contributed by atoms with E-state index in [0.717, 1.165) is 46.2 Å². The van der Waals surface area contributed by atoms with Gasteiger partial charge in [0, 0.05) is 12.8 Å². The van der Waals surface area contributed by atoms with E-state index in [1.54, 1.807) is 0 Å². The van der Waals surface area contributed by atoms with Gasteiger partial charge < -0.3 is 40.1 Å². The van der Waals surface area contributed by atoms with Crippen molar-refractivity contribution in [2.24, 2.45) is 11.8 Å². The van der Waals surface area contributed by atoms with Gasteiger partial charge in [-0.15, -0.1) is 0 Å². The van der Waals surface area contributed by atoms with Crippen LogP contribution in [-0.4, -0.2) is 82.2 Å². The van der Waals surface area contributed by atoms with E-state index in [-0.39, 0.29) is 26.1 Å². The molecule has 2 rings (SSSR count). The third-order valence-electron chi connectivity index (χ3n) is 6.23. The Labute approximate surface area is 262 Å². The number of carbonyl (C=O) groups is 2. The molecule has 6 N–H and O–H groups in total. The fourth-order valence-corrected chi connectivity index (χ4v) is 4.30. The van der Waals surface area contributed by atoms with Crippen molar-refractivity contribution >= 4 is 11.9 Å². The van der Waals surface area contributed by atoms with Crippen LogP contribution in [-0.2, 0) is 44.7 Å². The number of aliphatic carboxylic acids is 2. The Kier molecular flexibility index (Phi) is 21.6. The average Bonchev–Trinajstić information content (AvgIpc) is 2.93. The van der Waals surface area contributed by atoms with Gasteiger partial charge in [-0.25, -0.2) is 0 Å². The molecule has 0 unspecified atom stereocenters. The fourth-order valence-electron chi connectivity index (χ4n) is 4.30. The molecule has 0 bridgehead atoms. The number of carboxylic acid groups (broad SMARTS) is 2. The van der Waals surface area contributed by atoms with E-state index in [0.29, 0.717) is 62.6 Å². The summed E-state index contributed by atoms with van der Waals surface area (Å²) < 4.78 is 9.75. The fraction of sp³-hybridized carbons (Fsp3) is 0.588. The van der Waals surface area contributed by atoms with Gasteiger partial charge in [-0.05, 0) is 84.7 Å². The van der Waals surface area contributed by atoms with Crippen molar-refractivity contribution < 1.29 is 49.7 Å². The normalized spacial score (nSPS) is 10.7. The number of aliphatic hydroxyl groups excluding tert-OH is 2. The SMILES string of the molecule is Cc1cc(CCC(=O)O)cc(CC(C)C)c1O.Cc1cc(CCC(=O)O)cc(CC(C)C)c1O.OCCOCCOCCO. The summed E-state index contributed by atoms with van der Waals surface area (Å²) in [6, 6.07) is 7.57. The molecule has 10 heteroatoms. The molecule has 0 aliphatic carbocycles. The van der Waals surface area contributed by atoms with Crippen molar-refractivity contribution in [2.75, 3.05) is 39.6 Å².